The van der Waals surface area contributed by atoms with Gasteiger partial charge in [-0.1, -0.05) is 0 Å². The van der Waals surface area contributed by atoms with Crippen molar-refractivity contribution in [3.63, 3.8) is 0 Å². The summed E-state index contributed by atoms with van der Waals surface area (Å²) in [5.74, 6) is 0. The van der Waals surface area contributed by atoms with Gasteiger partial charge in [0.1, 0.15) is 0 Å². The molecule has 0 rings (SSSR count). The van der Waals surface area contributed by atoms with E-state index in [1.807, 2.05) is 0 Å². The van der Waals surface area contributed by atoms with Crippen molar-refractivity contribution in [1.82, 2.24) is 0 Å². The maximum Gasteiger partial charge on any atom is 0.194 e. The molecule has 0 aromatic rings. The molecule has 5 heteroatoms. The Labute approximate surface area is 54.6 Å². The fourth-order valence-electron chi connectivity index (χ4n) is 0.405. The van der Waals surface area contributed by atoms with Crippen molar-refractivity contribution >= 4 is 8.03 Å². The molecule has 0 aliphatic heterocycles. The Balaban J connectivity index is 3.43. The summed E-state index contributed by atoms with van der Waals surface area (Å²) in [6, 6.07) is 0. The number of hydrogen-bond acceptors (Lipinski definition) is 3. The summed E-state index contributed by atoms with van der Waals surface area (Å²) in [5.41, 5.74) is 0. The van der Waals surface area contributed by atoms with Crippen molar-refractivity contribution in [2.75, 3.05) is 20.4 Å². The lowest BCUT2D eigenvalue weighted by molar-refractivity contribution is -0.0857. The van der Waals surface area contributed by atoms with Gasteiger partial charge in [0.05, 0.1) is 6.16 Å². The fourth-order valence-corrected chi connectivity index (χ4v) is 1.02. The summed E-state index contributed by atoms with van der Waals surface area (Å²) in [6.07, 6.45) is -0.473. The molecule has 1 unspecified atom stereocenters. The van der Waals surface area contributed by atoms with Gasteiger partial charge in [0.2, 0.25) is 0 Å². The van der Waals surface area contributed by atoms with Gasteiger partial charge in [0, 0.05) is 14.2 Å². The lowest BCUT2D eigenvalue weighted by atomic mass is 10.7. The summed E-state index contributed by atoms with van der Waals surface area (Å²) in [6.45, 7) is 0. The third-order valence-corrected chi connectivity index (χ3v) is 1.55. The molecule has 0 amide bonds. The molecule has 4 nitrogen and oxygen atoms in total. The standard InChI is InChI=1S/C4H11O4P/c1-7-4(8-2)3-9(5)6/h4,9H,3H2,1-2H3,(H,5,6). The molecule has 0 spiro atoms. The summed E-state index contributed by atoms with van der Waals surface area (Å²) >= 11 is 0. The molecule has 0 aliphatic rings. The Hall–Kier alpha value is 0.110. The zero-order chi connectivity index (χ0) is 7.28. The second-order valence-electron chi connectivity index (χ2n) is 1.50. The second kappa shape index (κ2) is 4.94. The molecule has 0 heterocycles. The van der Waals surface area contributed by atoms with E-state index in [9.17, 15) is 4.57 Å². The summed E-state index contributed by atoms with van der Waals surface area (Å²) in [7, 11) is 0.401. The largest absolute Gasteiger partial charge is 0.355 e. The molecule has 0 saturated heterocycles. The summed E-state index contributed by atoms with van der Waals surface area (Å²) in [4.78, 5) is 8.37. The SMILES string of the molecule is COC(C[PH](=O)O)OC. The van der Waals surface area contributed by atoms with Crippen molar-refractivity contribution in [1.29, 1.82) is 0 Å². The van der Waals surface area contributed by atoms with E-state index in [4.69, 9.17) is 4.89 Å². The third-order valence-electron chi connectivity index (χ3n) is 0.867. The highest BCUT2D eigenvalue weighted by atomic mass is 31.1. The molecule has 1 atom stereocenters. The van der Waals surface area contributed by atoms with Crippen LogP contribution in [0.15, 0.2) is 0 Å². The monoisotopic (exact) mass is 154 g/mol. The second-order valence-corrected chi connectivity index (χ2v) is 2.69. The molecule has 0 aromatic carbocycles. The van der Waals surface area contributed by atoms with Gasteiger partial charge in [0.15, 0.2) is 14.3 Å². The van der Waals surface area contributed by atoms with Crippen LogP contribution in [-0.4, -0.2) is 31.6 Å². The normalized spacial score (nSPS) is 14.2. The highest BCUT2D eigenvalue weighted by Crippen LogP contribution is 2.15. The predicted molar refractivity (Wildman–Crippen MR) is 33.9 cm³/mol. The van der Waals surface area contributed by atoms with Gasteiger partial charge < -0.3 is 14.4 Å². The maximum atomic E-state index is 10.2. The van der Waals surface area contributed by atoms with E-state index >= 15 is 0 Å². The highest BCUT2D eigenvalue weighted by Gasteiger charge is 2.06. The third kappa shape index (κ3) is 4.60. The average Bonchev–Trinajstić information content (AvgIpc) is 1.82. The molecular formula is C4H11O4P. The smallest absolute Gasteiger partial charge is 0.194 e. The summed E-state index contributed by atoms with van der Waals surface area (Å²) in [5, 5.41) is 0. The predicted octanol–water partition coefficient (Wildman–Crippen LogP) is 0.0723. The first-order valence-corrected chi connectivity index (χ1v) is 4.04. The van der Waals surface area contributed by atoms with Gasteiger partial charge in [-0.15, -0.1) is 0 Å². The van der Waals surface area contributed by atoms with E-state index < -0.39 is 14.3 Å². The number of methoxy groups -OCH3 is 2. The molecule has 0 fully saturated rings. The molecule has 0 aromatic heterocycles. The van der Waals surface area contributed by atoms with Crippen LogP contribution in [0.1, 0.15) is 0 Å². The quantitative estimate of drug-likeness (QED) is 0.460. The number of ether oxygens (including phenoxy) is 2. The van der Waals surface area contributed by atoms with Gasteiger partial charge >= 0.3 is 0 Å². The van der Waals surface area contributed by atoms with E-state index in [-0.39, 0.29) is 6.16 Å². The zero-order valence-corrected chi connectivity index (χ0v) is 6.46. The van der Waals surface area contributed by atoms with Crippen LogP contribution in [-0.2, 0) is 14.0 Å². The average molecular weight is 154 g/mol. The zero-order valence-electron chi connectivity index (χ0n) is 5.46. The van der Waals surface area contributed by atoms with Gasteiger partial charge in [-0.2, -0.15) is 0 Å². The minimum Gasteiger partial charge on any atom is -0.355 e. The van der Waals surface area contributed by atoms with Crippen LogP contribution >= 0.6 is 8.03 Å². The lowest BCUT2D eigenvalue weighted by Gasteiger charge is -2.09. The topological polar surface area (TPSA) is 55.8 Å². The van der Waals surface area contributed by atoms with E-state index in [1.54, 1.807) is 0 Å². The fraction of sp³-hybridized carbons (Fsp3) is 1.00. The van der Waals surface area contributed by atoms with Gasteiger partial charge in [0.25, 0.3) is 0 Å². The maximum absolute atomic E-state index is 10.2. The van der Waals surface area contributed by atoms with Crippen LogP contribution in [0.2, 0.25) is 0 Å². The number of rotatable bonds is 4. The van der Waals surface area contributed by atoms with Crippen LogP contribution in [0, 0.1) is 0 Å². The van der Waals surface area contributed by atoms with E-state index in [0.717, 1.165) is 0 Å². The Kier molecular flexibility index (Phi) is 5.00. The number of hydrogen-bond donors (Lipinski definition) is 1. The molecule has 0 saturated carbocycles. The van der Waals surface area contributed by atoms with Crippen molar-refractivity contribution in [3.05, 3.63) is 0 Å². The van der Waals surface area contributed by atoms with Crippen LogP contribution in [0.5, 0.6) is 0 Å². The lowest BCUT2D eigenvalue weighted by Crippen LogP contribution is -2.15. The molecule has 0 bridgehead atoms. The Morgan fingerprint density at radius 2 is 2.00 bits per heavy atom. The van der Waals surface area contributed by atoms with Gasteiger partial charge in [-0.25, -0.2) is 0 Å². The highest BCUT2D eigenvalue weighted by molar-refractivity contribution is 7.38. The van der Waals surface area contributed by atoms with Gasteiger partial charge in [-0.3, -0.25) is 4.57 Å². The van der Waals surface area contributed by atoms with Crippen molar-refractivity contribution in [2.24, 2.45) is 0 Å². The molecular weight excluding hydrogens is 143 g/mol. The van der Waals surface area contributed by atoms with E-state index in [0.29, 0.717) is 0 Å². The van der Waals surface area contributed by atoms with Crippen LogP contribution < -0.4 is 0 Å². The molecule has 1 N–H and O–H groups in total. The Morgan fingerprint density at radius 1 is 1.56 bits per heavy atom. The van der Waals surface area contributed by atoms with E-state index in [1.165, 1.54) is 14.2 Å². The molecule has 56 valence electrons. The Bertz CT molecular complexity index is 90.6. The molecule has 0 radical (unpaired) electrons. The van der Waals surface area contributed by atoms with Crippen molar-refractivity contribution < 1.29 is 18.9 Å². The first kappa shape index (κ1) is 9.11. The van der Waals surface area contributed by atoms with Crippen LogP contribution in [0.3, 0.4) is 0 Å². The van der Waals surface area contributed by atoms with Gasteiger partial charge in [-0.05, 0) is 0 Å². The first-order chi connectivity index (χ1) is 4.20. The van der Waals surface area contributed by atoms with Crippen molar-refractivity contribution in [3.8, 4) is 0 Å². The molecule has 9 heavy (non-hydrogen) atoms. The van der Waals surface area contributed by atoms with E-state index in [2.05, 4.69) is 9.47 Å². The van der Waals surface area contributed by atoms with Crippen LogP contribution in [0.25, 0.3) is 0 Å². The van der Waals surface area contributed by atoms with Crippen molar-refractivity contribution in [2.45, 2.75) is 6.29 Å². The minimum atomic E-state index is -2.46. The summed E-state index contributed by atoms with van der Waals surface area (Å²) < 4.78 is 19.5. The minimum absolute atomic E-state index is 0.0671. The molecule has 0 aliphatic carbocycles. The Morgan fingerprint density at radius 3 is 2.11 bits per heavy atom. The first-order valence-electron chi connectivity index (χ1n) is 2.48. The van der Waals surface area contributed by atoms with Crippen LogP contribution in [0.4, 0.5) is 0 Å².